The number of hydrogen-bond donors (Lipinski definition) is 0. The van der Waals surface area contributed by atoms with Gasteiger partial charge in [-0.15, -0.1) is 0 Å². The van der Waals surface area contributed by atoms with E-state index < -0.39 is 8.32 Å². The highest BCUT2D eigenvalue weighted by Crippen LogP contribution is 2.37. The molecule has 1 aromatic heterocycles. The van der Waals surface area contributed by atoms with Gasteiger partial charge < -0.3 is 9.16 Å². The average Bonchev–Trinajstić information content (AvgIpc) is 2.33. The predicted octanol–water partition coefficient (Wildman–Crippen LogP) is 4.91. The lowest BCUT2D eigenvalue weighted by molar-refractivity contribution is 0.263. The summed E-state index contributed by atoms with van der Waals surface area (Å²) in [7, 11) is -0.0981. The number of methoxy groups -OCH3 is 1. The van der Waals surface area contributed by atoms with Crippen molar-refractivity contribution in [3.63, 3.8) is 0 Å². The minimum absolute atomic E-state index is 0.0258. The first kappa shape index (κ1) is 18.2. The highest BCUT2D eigenvalue weighted by molar-refractivity contribution is 6.74. The smallest absolute Gasteiger partial charge is 0.192 e. The summed E-state index contributed by atoms with van der Waals surface area (Å²) in [6.45, 7) is 18.3. The molecule has 0 spiro atoms. The third-order valence-corrected chi connectivity index (χ3v) is 8.78. The van der Waals surface area contributed by atoms with Gasteiger partial charge >= 0.3 is 0 Å². The van der Waals surface area contributed by atoms with E-state index in [1.165, 1.54) is 0 Å². The summed E-state index contributed by atoms with van der Waals surface area (Å²) in [5, 5.41) is 0.196. The summed E-state index contributed by atoms with van der Waals surface area (Å²) >= 11 is 0. The summed E-state index contributed by atoms with van der Waals surface area (Å²) in [4.78, 5) is 4.77. The number of ether oxygens (including phenoxy) is 1. The van der Waals surface area contributed by atoms with Crippen molar-refractivity contribution in [3.05, 3.63) is 23.5 Å². The van der Waals surface area contributed by atoms with Gasteiger partial charge in [0.05, 0.1) is 13.7 Å². The summed E-state index contributed by atoms with van der Waals surface area (Å²) in [5.41, 5.74) is 1.99. The third kappa shape index (κ3) is 4.55. The topological polar surface area (TPSA) is 31.4 Å². The molecule has 21 heavy (non-hydrogen) atoms. The van der Waals surface area contributed by atoms with E-state index >= 15 is 0 Å². The molecule has 120 valence electrons. The molecule has 0 atom stereocenters. The average molecular weight is 310 g/mol. The maximum atomic E-state index is 6.29. The van der Waals surface area contributed by atoms with Crippen molar-refractivity contribution in [2.24, 2.45) is 0 Å². The summed E-state index contributed by atoms with van der Waals surface area (Å²) in [6.07, 6.45) is 0. The van der Waals surface area contributed by atoms with Gasteiger partial charge in [0.1, 0.15) is 11.4 Å². The standard InChI is InChI=1S/C17H31NO2Si/c1-16(2,3)15-11-10-14(19-7)13(18-15)12-20-21(8,9)17(4,5)6/h10-11H,12H2,1-9H3. The van der Waals surface area contributed by atoms with E-state index in [0.717, 1.165) is 17.1 Å². The van der Waals surface area contributed by atoms with Gasteiger partial charge in [0, 0.05) is 11.1 Å². The van der Waals surface area contributed by atoms with Gasteiger partial charge in [-0.2, -0.15) is 0 Å². The van der Waals surface area contributed by atoms with E-state index in [0.29, 0.717) is 6.61 Å². The number of hydrogen-bond acceptors (Lipinski definition) is 3. The highest BCUT2D eigenvalue weighted by Gasteiger charge is 2.37. The van der Waals surface area contributed by atoms with Crippen LogP contribution in [0.4, 0.5) is 0 Å². The van der Waals surface area contributed by atoms with Crippen molar-refractivity contribution in [2.45, 2.75) is 71.7 Å². The van der Waals surface area contributed by atoms with Crippen molar-refractivity contribution in [1.29, 1.82) is 0 Å². The molecule has 0 saturated heterocycles. The van der Waals surface area contributed by atoms with Crippen LogP contribution in [-0.2, 0) is 16.4 Å². The van der Waals surface area contributed by atoms with Crippen molar-refractivity contribution < 1.29 is 9.16 Å². The second-order valence-electron chi connectivity index (χ2n) is 8.14. The van der Waals surface area contributed by atoms with Crippen molar-refractivity contribution in [1.82, 2.24) is 4.98 Å². The van der Waals surface area contributed by atoms with Gasteiger partial charge in [0.2, 0.25) is 0 Å². The molecule has 0 N–H and O–H groups in total. The lowest BCUT2D eigenvalue weighted by atomic mass is 9.91. The van der Waals surface area contributed by atoms with Crippen LogP contribution in [0.3, 0.4) is 0 Å². The molecular weight excluding hydrogens is 278 g/mol. The molecular formula is C17H31NO2Si. The largest absolute Gasteiger partial charge is 0.495 e. The zero-order valence-corrected chi connectivity index (χ0v) is 16.1. The Kier molecular flexibility index (Phi) is 5.27. The Morgan fingerprint density at radius 2 is 1.62 bits per heavy atom. The minimum atomic E-state index is -1.78. The Morgan fingerprint density at radius 3 is 2.05 bits per heavy atom. The molecule has 0 unspecified atom stereocenters. The quantitative estimate of drug-likeness (QED) is 0.741. The molecule has 0 saturated carbocycles. The Balaban J connectivity index is 3.02. The fourth-order valence-electron chi connectivity index (χ4n) is 1.66. The molecule has 0 radical (unpaired) electrons. The Labute approximate surface area is 131 Å². The molecule has 3 nitrogen and oxygen atoms in total. The Bertz CT molecular complexity index is 485. The summed E-state index contributed by atoms with van der Waals surface area (Å²) in [5.74, 6) is 0.807. The molecule has 0 aliphatic heterocycles. The predicted molar refractivity (Wildman–Crippen MR) is 91.5 cm³/mol. The van der Waals surface area contributed by atoms with E-state index in [1.54, 1.807) is 7.11 Å². The van der Waals surface area contributed by atoms with Crippen LogP contribution in [-0.4, -0.2) is 20.4 Å². The second-order valence-corrected chi connectivity index (χ2v) is 13.0. The van der Waals surface area contributed by atoms with Crippen LogP contribution in [0.15, 0.2) is 12.1 Å². The SMILES string of the molecule is COc1ccc(C(C)(C)C)nc1CO[Si](C)(C)C(C)(C)C. The minimum Gasteiger partial charge on any atom is -0.495 e. The first-order valence-corrected chi connectivity index (χ1v) is 10.5. The first-order valence-electron chi connectivity index (χ1n) is 7.57. The molecule has 0 bridgehead atoms. The van der Waals surface area contributed by atoms with Gasteiger partial charge in [-0.3, -0.25) is 4.98 Å². The van der Waals surface area contributed by atoms with Crippen LogP contribution in [0.25, 0.3) is 0 Å². The van der Waals surface area contributed by atoms with Crippen LogP contribution in [0.2, 0.25) is 18.1 Å². The maximum Gasteiger partial charge on any atom is 0.192 e. The number of pyridine rings is 1. The van der Waals surface area contributed by atoms with Gasteiger partial charge in [-0.25, -0.2) is 0 Å². The molecule has 0 aliphatic carbocycles. The summed E-state index contributed by atoms with van der Waals surface area (Å²) in [6, 6.07) is 4.03. The molecule has 1 rings (SSSR count). The molecule has 1 aromatic rings. The van der Waals surface area contributed by atoms with Crippen LogP contribution in [0.5, 0.6) is 5.75 Å². The van der Waals surface area contributed by atoms with Crippen molar-refractivity contribution >= 4 is 8.32 Å². The van der Waals surface area contributed by atoms with Crippen LogP contribution in [0, 0.1) is 0 Å². The Hall–Kier alpha value is -0.873. The van der Waals surface area contributed by atoms with Gasteiger partial charge in [-0.05, 0) is 30.3 Å². The molecule has 0 amide bonds. The maximum absolute atomic E-state index is 6.29. The number of aromatic nitrogens is 1. The third-order valence-electron chi connectivity index (χ3n) is 4.30. The zero-order valence-electron chi connectivity index (χ0n) is 15.1. The normalized spacial score (nSPS) is 13.4. The van der Waals surface area contributed by atoms with Crippen molar-refractivity contribution in [2.75, 3.05) is 7.11 Å². The molecule has 0 aromatic carbocycles. The molecule has 0 fully saturated rings. The van der Waals surface area contributed by atoms with Gasteiger partial charge in [0.25, 0.3) is 0 Å². The molecule has 0 aliphatic rings. The van der Waals surface area contributed by atoms with E-state index in [-0.39, 0.29) is 10.5 Å². The monoisotopic (exact) mass is 309 g/mol. The Morgan fingerprint density at radius 1 is 1.05 bits per heavy atom. The number of nitrogens with zero attached hydrogens (tertiary/aromatic N) is 1. The van der Waals surface area contributed by atoms with E-state index in [2.05, 4.69) is 54.6 Å². The molecule has 4 heteroatoms. The molecule has 1 heterocycles. The van der Waals surface area contributed by atoms with Crippen molar-refractivity contribution in [3.8, 4) is 5.75 Å². The first-order chi connectivity index (χ1) is 9.38. The number of rotatable bonds is 4. The van der Waals surface area contributed by atoms with Crippen LogP contribution in [0.1, 0.15) is 52.9 Å². The van der Waals surface area contributed by atoms with Crippen LogP contribution < -0.4 is 4.74 Å². The summed E-state index contributed by atoms with van der Waals surface area (Å²) < 4.78 is 11.7. The highest BCUT2D eigenvalue weighted by atomic mass is 28.4. The zero-order chi connectivity index (χ0) is 16.5. The lowest BCUT2D eigenvalue weighted by Gasteiger charge is -2.36. The van der Waals surface area contributed by atoms with E-state index in [1.807, 2.05) is 12.1 Å². The van der Waals surface area contributed by atoms with E-state index in [4.69, 9.17) is 14.1 Å². The van der Waals surface area contributed by atoms with E-state index in [9.17, 15) is 0 Å². The van der Waals surface area contributed by atoms with Gasteiger partial charge in [-0.1, -0.05) is 41.5 Å². The second kappa shape index (κ2) is 6.09. The lowest BCUT2D eigenvalue weighted by Crippen LogP contribution is -2.40. The fraction of sp³-hybridized carbons (Fsp3) is 0.706. The fourth-order valence-corrected chi connectivity index (χ4v) is 2.59. The van der Waals surface area contributed by atoms with Gasteiger partial charge in [0.15, 0.2) is 8.32 Å². The van der Waals surface area contributed by atoms with Crippen LogP contribution >= 0.6 is 0 Å².